The number of imidazole rings is 1. The first kappa shape index (κ1) is 10.5. The van der Waals surface area contributed by atoms with Crippen LogP contribution < -0.4 is 0 Å². The van der Waals surface area contributed by atoms with Gasteiger partial charge in [-0.25, -0.2) is 4.98 Å². The molecule has 0 fully saturated rings. The van der Waals surface area contributed by atoms with Crippen molar-refractivity contribution in [2.45, 2.75) is 25.9 Å². The normalized spacial score (nSPS) is 19.0. The van der Waals surface area contributed by atoms with Crippen LogP contribution in [0.3, 0.4) is 0 Å². The molecule has 3 rings (SSSR count). The number of nitrogens with zero attached hydrogens (tertiary/aromatic N) is 2. The molecule has 1 N–H and O–H groups in total. The second kappa shape index (κ2) is 4.31. The van der Waals surface area contributed by atoms with Gasteiger partial charge in [0.05, 0.1) is 37.5 Å². The van der Waals surface area contributed by atoms with Crippen LogP contribution in [0.2, 0.25) is 0 Å². The Bertz CT molecular complexity index is 507. The Morgan fingerprint density at radius 1 is 1.35 bits per heavy atom. The maximum atomic E-state index is 9.13. The molecule has 2 aromatic rings. The van der Waals surface area contributed by atoms with E-state index < -0.39 is 0 Å². The van der Waals surface area contributed by atoms with Crippen molar-refractivity contribution in [1.29, 1.82) is 0 Å². The molecule has 0 aliphatic carbocycles. The van der Waals surface area contributed by atoms with E-state index in [2.05, 4.69) is 21.7 Å². The summed E-state index contributed by atoms with van der Waals surface area (Å²) in [6, 6.07) is 10.2. The van der Waals surface area contributed by atoms with E-state index in [4.69, 9.17) is 9.84 Å². The molecule has 0 saturated heterocycles. The predicted octanol–water partition coefficient (Wildman–Crippen LogP) is 1.65. The second-order valence-corrected chi connectivity index (χ2v) is 4.16. The van der Waals surface area contributed by atoms with Crippen LogP contribution in [0.5, 0.6) is 0 Å². The number of rotatable bonds is 2. The van der Waals surface area contributed by atoms with Gasteiger partial charge in [0.1, 0.15) is 6.10 Å². The summed E-state index contributed by atoms with van der Waals surface area (Å²) in [4.78, 5) is 4.18. The van der Waals surface area contributed by atoms with Crippen molar-refractivity contribution in [3.8, 4) is 0 Å². The van der Waals surface area contributed by atoms with E-state index in [1.165, 1.54) is 5.56 Å². The molecule has 0 bridgehead atoms. The lowest BCUT2D eigenvalue weighted by molar-refractivity contribution is 0.00198. The van der Waals surface area contributed by atoms with Gasteiger partial charge in [-0.3, -0.25) is 0 Å². The summed E-state index contributed by atoms with van der Waals surface area (Å²) >= 11 is 0. The van der Waals surface area contributed by atoms with Gasteiger partial charge in [0.15, 0.2) is 0 Å². The minimum atomic E-state index is -0.0261. The molecule has 1 aliphatic heterocycles. The summed E-state index contributed by atoms with van der Waals surface area (Å²) < 4.78 is 7.88. The second-order valence-electron chi connectivity index (χ2n) is 4.16. The number of aliphatic hydroxyl groups excluding tert-OH is 1. The summed E-state index contributed by atoms with van der Waals surface area (Å²) in [6.07, 6.45) is 1.85. The third kappa shape index (κ3) is 1.85. The first-order valence-electron chi connectivity index (χ1n) is 5.69. The average molecular weight is 230 g/mol. The zero-order valence-electron chi connectivity index (χ0n) is 9.41. The summed E-state index contributed by atoms with van der Waals surface area (Å²) in [5.41, 5.74) is 2.88. The lowest BCUT2D eigenvalue weighted by atomic mass is 10.1. The summed E-state index contributed by atoms with van der Waals surface area (Å²) in [7, 11) is 0. The Kier molecular flexibility index (Phi) is 2.66. The van der Waals surface area contributed by atoms with Crippen molar-refractivity contribution in [2.24, 2.45) is 0 Å². The molecular formula is C13H14N2O2. The first-order valence-corrected chi connectivity index (χ1v) is 5.69. The van der Waals surface area contributed by atoms with Crippen LogP contribution in [0, 0.1) is 0 Å². The van der Waals surface area contributed by atoms with E-state index in [1.54, 1.807) is 6.33 Å². The lowest BCUT2D eigenvalue weighted by Gasteiger charge is -2.25. The molecule has 4 nitrogen and oxygen atoms in total. The zero-order chi connectivity index (χ0) is 11.7. The van der Waals surface area contributed by atoms with Crippen LogP contribution >= 0.6 is 0 Å². The zero-order valence-corrected chi connectivity index (χ0v) is 9.41. The first-order chi connectivity index (χ1) is 8.38. The molecule has 1 atom stereocenters. The molecule has 0 amide bonds. The number of hydrogen-bond acceptors (Lipinski definition) is 3. The highest BCUT2D eigenvalue weighted by Crippen LogP contribution is 2.27. The van der Waals surface area contributed by atoms with Crippen LogP contribution in [-0.2, 0) is 24.5 Å². The fourth-order valence-electron chi connectivity index (χ4n) is 2.19. The maximum absolute atomic E-state index is 9.13. The molecule has 1 unspecified atom stereocenters. The van der Waals surface area contributed by atoms with E-state index in [-0.39, 0.29) is 12.7 Å². The molecule has 1 aliphatic rings. The fourth-order valence-corrected chi connectivity index (χ4v) is 2.19. The van der Waals surface area contributed by atoms with Crippen LogP contribution in [0.15, 0.2) is 36.7 Å². The molecular weight excluding hydrogens is 216 g/mol. The summed E-state index contributed by atoms with van der Waals surface area (Å²) in [6.45, 7) is 1.24. The molecule has 0 spiro atoms. The number of benzene rings is 1. The van der Waals surface area contributed by atoms with E-state index in [1.807, 2.05) is 18.2 Å². The lowest BCUT2D eigenvalue weighted by Crippen LogP contribution is -2.21. The van der Waals surface area contributed by atoms with Gasteiger partial charge in [0.25, 0.3) is 0 Å². The topological polar surface area (TPSA) is 47.3 Å². The molecule has 1 aromatic carbocycles. The van der Waals surface area contributed by atoms with Crippen LogP contribution in [-0.4, -0.2) is 14.7 Å². The molecule has 17 heavy (non-hydrogen) atoms. The molecule has 1 aromatic heterocycles. The number of aliphatic hydroxyl groups is 1. The van der Waals surface area contributed by atoms with Crippen LogP contribution in [0.25, 0.3) is 0 Å². The molecule has 0 saturated carbocycles. The Balaban J connectivity index is 1.86. The Labute approximate surface area is 99.5 Å². The highest BCUT2D eigenvalue weighted by Gasteiger charge is 2.22. The summed E-state index contributed by atoms with van der Waals surface area (Å²) in [5, 5.41) is 9.13. The van der Waals surface area contributed by atoms with Gasteiger partial charge >= 0.3 is 0 Å². The van der Waals surface area contributed by atoms with Gasteiger partial charge < -0.3 is 14.4 Å². The molecule has 2 heterocycles. The van der Waals surface area contributed by atoms with E-state index in [0.717, 1.165) is 17.9 Å². The van der Waals surface area contributed by atoms with Crippen LogP contribution in [0.1, 0.15) is 23.1 Å². The van der Waals surface area contributed by atoms with E-state index in [0.29, 0.717) is 6.61 Å². The highest BCUT2D eigenvalue weighted by atomic mass is 16.5. The Morgan fingerprint density at radius 3 is 2.94 bits per heavy atom. The number of ether oxygens (including phenoxy) is 1. The number of aromatic nitrogens is 2. The van der Waals surface area contributed by atoms with Gasteiger partial charge in [0.2, 0.25) is 0 Å². The fraction of sp³-hybridized carbons (Fsp3) is 0.308. The Morgan fingerprint density at radius 2 is 2.18 bits per heavy atom. The predicted molar refractivity (Wildman–Crippen MR) is 62.1 cm³/mol. The largest absolute Gasteiger partial charge is 0.390 e. The minimum Gasteiger partial charge on any atom is -0.390 e. The van der Waals surface area contributed by atoms with E-state index >= 15 is 0 Å². The van der Waals surface area contributed by atoms with Gasteiger partial charge in [-0.2, -0.15) is 0 Å². The average Bonchev–Trinajstić information content (AvgIpc) is 2.81. The third-order valence-electron chi connectivity index (χ3n) is 3.14. The van der Waals surface area contributed by atoms with Crippen molar-refractivity contribution in [3.05, 3.63) is 53.6 Å². The van der Waals surface area contributed by atoms with Crippen molar-refractivity contribution >= 4 is 0 Å². The maximum Gasteiger partial charge on any atom is 0.101 e. The van der Waals surface area contributed by atoms with Crippen molar-refractivity contribution in [3.63, 3.8) is 0 Å². The standard InChI is InChI=1S/C13H14N2O2/c16-7-11-12-8-17-13(6-15(12)9-14-11)10-4-2-1-3-5-10/h1-5,9,13,16H,6-8H2. The Hall–Kier alpha value is -1.65. The minimum absolute atomic E-state index is 0.0261. The highest BCUT2D eigenvalue weighted by molar-refractivity contribution is 5.20. The van der Waals surface area contributed by atoms with Gasteiger partial charge in [-0.1, -0.05) is 30.3 Å². The monoisotopic (exact) mass is 230 g/mol. The van der Waals surface area contributed by atoms with Crippen molar-refractivity contribution in [2.75, 3.05) is 0 Å². The summed E-state index contributed by atoms with van der Waals surface area (Å²) in [5.74, 6) is 0. The van der Waals surface area contributed by atoms with Gasteiger partial charge in [0, 0.05) is 0 Å². The quantitative estimate of drug-likeness (QED) is 0.853. The van der Waals surface area contributed by atoms with E-state index in [9.17, 15) is 0 Å². The SMILES string of the molecule is OCc1ncn2c1COC(c1ccccc1)C2. The third-order valence-corrected chi connectivity index (χ3v) is 3.14. The van der Waals surface area contributed by atoms with Gasteiger partial charge in [-0.05, 0) is 5.56 Å². The number of fused-ring (bicyclic) bond motifs is 1. The molecule has 4 heteroatoms. The van der Waals surface area contributed by atoms with Crippen molar-refractivity contribution in [1.82, 2.24) is 9.55 Å². The smallest absolute Gasteiger partial charge is 0.101 e. The van der Waals surface area contributed by atoms with Crippen LogP contribution in [0.4, 0.5) is 0 Å². The van der Waals surface area contributed by atoms with Gasteiger partial charge in [-0.15, -0.1) is 0 Å². The molecule has 88 valence electrons. The molecule has 0 radical (unpaired) electrons. The van der Waals surface area contributed by atoms with Crippen molar-refractivity contribution < 1.29 is 9.84 Å². The number of hydrogen-bond donors (Lipinski definition) is 1.